The second kappa shape index (κ2) is 3.30. The third-order valence-corrected chi connectivity index (χ3v) is 2.04. The Hall–Kier alpha value is -0.780. The quantitative estimate of drug-likeness (QED) is 0.592. The van der Waals surface area contributed by atoms with Gasteiger partial charge in [-0.25, -0.2) is 0 Å². The van der Waals surface area contributed by atoms with E-state index in [1.807, 2.05) is 0 Å². The summed E-state index contributed by atoms with van der Waals surface area (Å²) in [5.74, 6) is 0. The maximum atomic E-state index is 3.43. The Kier molecular flexibility index (Phi) is 2.56. The Morgan fingerprint density at radius 2 is 1.92 bits per heavy atom. The van der Waals surface area contributed by atoms with Crippen LogP contribution in [0, 0.1) is 6.07 Å². The molecular weight excluding hydrogens is 144 g/mol. The molecule has 0 amide bonds. The first-order valence-corrected chi connectivity index (χ1v) is 4.55. The Labute approximate surface area is 75.6 Å². The zero-order chi connectivity index (χ0) is 9.19. The van der Waals surface area contributed by atoms with Crippen molar-refractivity contribution in [2.45, 2.75) is 39.5 Å². The predicted molar refractivity (Wildman–Crippen MR) is 53.4 cm³/mol. The Bertz CT molecular complexity index is 253. The summed E-state index contributed by atoms with van der Waals surface area (Å²) in [7, 11) is 0. The molecule has 0 aromatic heterocycles. The monoisotopic (exact) mass is 161 g/mol. The minimum absolute atomic E-state index is 0.227. The van der Waals surface area contributed by atoms with Gasteiger partial charge in [0.2, 0.25) is 0 Å². The van der Waals surface area contributed by atoms with Crippen molar-refractivity contribution in [3.63, 3.8) is 0 Å². The second-order valence-corrected chi connectivity index (χ2v) is 4.19. The lowest BCUT2D eigenvalue weighted by Crippen LogP contribution is -2.11. The zero-order valence-electron chi connectivity index (χ0n) is 8.44. The molecule has 1 aromatic rings. The highest BCUT2D eigenvalue weighted by molar-refractivity contribution is 5.26. The molecule has 0 atom stereocenters. The van der Waals surface area contributed by atoms with Crippen molar-refractivity contribution >= 4 is 0 Å². The molecule has 0 spiro atoms. The van der Waals surface area contributed by atoms with Gasteiger partial charge in [-0.05, 0) is 29.0 Å². The highest BCUT2D eigenvalue weighted by Gasteiger charge is 2.13. The van der Waals surface area contributed by atoms with Crippen LogP contribution < -0.4 is 0 Å². The van der Waals surface area contributed by atoms with Gasteiger partial charge < -0.3 is 0 Å². The van der Waals surface area contributed by atoms with Crippen LogP contribution in [0.15, 0.2) is 18.2 Å². The van der Waals surface area contributed by atoms with Gasteiger partial charge in [0.15, 0.2) is 0 Å². The van der Waals surface area contributed by atoms with Gasteiger partial charge >= 0.3 is 0 Å². The zero-order valence-corrected chi connectivity index (χ0v) is 8.44. The summed E-state index contributed by atoms with van der Waals surface area (Å²) in [5.41, 5.74) is 2.84. The van der Waals surface area contributed by atoms with Crippen LogP contribution in [0.4, 0.5) is 0 Å². The van der Waals surface area contributed by atoms with E-state index in [1.165, 1.54) is 11.1 Å². The lowest BCUT2D eigenvalue weighted by atomic mass is 9.86. The first-order chi connectivity index (χ1) is 5.54. The first kappa shape index (κ1) is 9.31. The van der Waals surface area contributed by atoms with Gasteiger partial charge in [0, 0.05) is 0 Å². The molecule has 0 saturated carbocycles. The minimum atomic E-state index is 0.227. The van der Waals surface area contributed by atoms with Crippen LogP contribution in [0.2, 0.25) is 0 Å². The first-order valence-electron chi connectivity index (χ1n) is 4.55. The number of rotatable bonds is 1. The molecule has 0 aliphatic carbocycles. The molecule has 0 nitrogen and oxygen atoms in total. The van der Waals surface area contributed by atoms with Crippen LogP contribution in [0.25, 0.3) is 0 Å². The SMILES string of the molecule is CCc1[c]c(C(C)(C)C)ccc1. The van der Waals surface area contributed by atoms with Gasteiger partial charge in [0.1, 0.15) is 0 Å². The van der Waals surface area contributed by atoms with Crippen LogP contribution in [0.5, 0.6) is 0 Å². The van der Waals surface area contributed by atoms with Crippen LogP contribution in [0.3, 0.4) is 0 Å². The molecule has 0 unspecified atom stereocenters. The van der Waals surface area contributed by atoms with E-state index in [0.29, 0.717) is 0 Å². The molecule has 1 rings (SSSR count). The fourth-order valence-corrected chi connectivity index (χ4v) is 1.16. The van der Waals surface area contributed by atoms with Crippen molar-refractivity contribution in [2.75, 3.05) is 0 Å². The summed E-state index contributed by atoms with van der Waals surface area (Å²) >= 11 is 0. The highest BCUT2D eigenvalue weighted by atomic mass is 14.2. The summed E-state index contributed by atoms with van der Waals surface area (Å²) < 4.78 is 0. The summed E-state index contributed by atoms with van der Waals surface area (Å²) in [6.45, 7) is 8.83. The van der Waals surface area contributed by atoms with Crippen molar-refractivity contribution < 1.29 is 0 Å². The maximum absolute atomic E-state index is 3.43. The minimum Gasteiger partial charge on any atom is -0.0617 e. The van der Waals surface area contributed by atoms with Gasteiger partial charge in [-0.3, -0.25) is 0 Å². The third kappa shape index (κ3) is 2.10. The van der Waals surface area contributed by atoms with E-state index in [1.54, 1.807) is 0 Å². The van der Waals surface area contributed by atoms with Gasteiger partial charge in [-0.15, -0.1) is 0 Å². The summed E-state index contributed by atoms with van der Waals surface area (Å²) in [6.07, 6.45) is 1.07. The van der Waals surface area contributed by atoms with Gasteiger partial charge in [0.25, 0.3) is 0 Å². The van der Waals surface area contributed by atoms with Crippen LogP contribution >= 0.6 is 0 Å². The maximum Gasteiger partial charge on any atom is -0.0109 e. The van der Waals surface area contributed by atoms with E-state index in [9.17, 15) is 0 Å². The van der Waals surface area contributed by atoms with E-state index >= 15 is 0 Å². The fraction of sp³-hybridized carbons (Fsp3) is 0.500. The smallest absolute Gasteiger partial charge is 0.0109 e. The topological polar surface area (TPSA) is 0 Å². The predicted octanol–water partition coefficient (Wildman–Crippen LogP) is 3.35. The molecular formula is C12H17. The average molecular weight is 161 g/mol. The molecule has 0 bridgehead atoms. The molecule has 1 radical (unpaired) electrons. The van der Waals surface area contributed by atoms with E-state index in [-0.39, 0.29) is 5.41 Å². The van der Waals surface area contributed by atoms with Gasteiger partial charge in [-0.1, -0.05) is 45.9 Å². The molecule has 0 heteroatoms. The second-order valence-electron chi connectivity index (χ2n) is 4.19. The van der Waals surface area contributed by atoms with Crippen molar-refractivity contribution in [1.29, 1.82) is 0 Å². The summed E-state index contributed by atoms with van der Waals surface area (Å²) in [6, 6.07) is 9.84. The van der Waals surface area contributed by atoms with E-state index in [4.69, 9.17) is 0 Å². The molecule has 0 aliphatic rings. The van der Waals surface area contributed by atoms with Crippen LogP contribution in [-0.2, 0) is 11.8 Å². The Balaban J connectivity index is 3.02. The average Bonchev–Trinajstić information content (AvgIpc) is 2.03. The summed E-state index contributed by atoms with van der Waals surface area (Å²) in [4.78, 5) is 0. The molecule has 0 aliphatic heterocycles. The molecule has 0 saturated heterocycles. The standard InChI is InChI=1S/C12H17/c1-5-10-7-6-8-11(9-10)12(2,3)4/h6-8H,5H2,1-4H3. The molecule has 12 heavy (non-hydrogen) atoms. The normalized spacial score (nSPS) is 11.7. The molecule has 1 aromatic carbocycles. The largest absolute Gasteiger partial charge is 0.0617 e. The number of benzene rings is 1. The van der Waals surface area contributed by atoms with Crippen molar-refractivity contribution in [1.82, 2.24) is 0 Å². The number of hydrogen-bond donors (Lipinski definition) is 0. The van der Waals surface area contributed by atoms with Crippen LogP contribution in [-0.4, -0.2) is 0 Å². The van der Waals surface area contributed by atoms with E-state index in [0.717, 1.165) is 6.42 Å². The third-order valence-electron chi connectivity index (χ3n) is 2.04. The number of hydrogen-bond acceptors (Lipinski definition) is 0. The Morgan fingerprint density at radius 3 is 2.42 bits per heavy atom. The van der Waals surface area contributed by atoms with Crippen molar-refractivity contribution in [3.05, 3.63) is 35.4 Å². The number of aryl methyl sites for hydroxylation is 1. The molecule has 65 valence electrons. The Morgan fingerprint density at radius 1 is 1.25 bits per heavy atom. The van der Waals surface area contributed by atoms with Crippen molar-refractivity contribution in [2.24, 2.45) is 0 Å². The van der Waals surface area contributed by atoms with Crippen molar-refractivity contribution in [3.8, 4) is 0 Å². The lowest BCUT2D eigenvalue weighted by molar-refractivity contribution is 0.588. The van der Waals surface area contributed by atoms with E-state index in [2.05, 4.69) is 52.0 Å². The lowest BCUT2D eigenvalue weighted by Gasteiger charge is -2.18. The highest BCUT2D eigenvalue weighted by Crippen LogP contribution is 2.22. The van der Waals surface area contributed by atoms with E-state index < -0.39 is 0 Å². The van der Waals surface area contributed by atoms with Gasteiger partial charge in [0.05, 0.1) is 0 Å². The van der Waals surface area contributed by atoms with Crippen LogP contribution in [0.1, 0.15) is 38.8 Å². The fourth-order valence-electron chi connectivity index (χ4n) is 1.16. The van der Waals surface area contributed by atoms with Gasteiger partial charge in [-0.2, -0.15) is 0 Å². The molecule has 0 heterocycles. The summed E-state index contributed by atoms with van der Waals surface area (Å²) in [5, 5.41) is 0. The molecule has 0 fully saturated rings. The molecule has 0 N–H and O–H groups in total.